The number of aliphatic imine (C=N–C) groups is 1. The first-order valence-corrected chi connectivity index (χ1v) is 10.5. The quantitative estimate of drug-likeness (QED) is 0.296. The molecule has 3 N–H and O–H groups in total. The van der Waals surface area contributed by atoms with E-state index in [4.69, 9.17) is 10.7 Å². The van der Waals surface area contributed by atoms with Gasteiger partial charge in [-0.2, -0.15) is 0 Å². The van der Waals surface area contributed by atoms with Gasteiger partial charge in [-0.3, -0.25) is 4.99 Å². The predicted molar refractivity (Wildman–Crippen MR) is 133 cm³/mol. The molecule has 0 bridgehead atoms. The highest BCUT2D eigenvalue weighted by Gasteiger charge is 2.04. The third-order valence-electron chi connectivity index (χ3n) is 5.42. The molecule has 0 spiro atoms. The normalized spacial score (nSPS) is 12.2. The molecule has 0 fully saturated rings. The summed E-state index contributed by atoms with van der Waals surface area (Å²) in [6.07, 6.45) is 2.10. The van der Waals surface area contributed by atoms with Gasteiger partial charge in [-0.1, -0.05) is 72.8 Å². The highest BCUT2D eigenvalue weighted by molar-refractivity contribution is 6.10. The smallest absolute Gasteiger partial charge is 0.0668 e. The van der Waals surface area contributed by atoms with E-state index in [2.05, 4.69) is 85.0 Å². The Balaban J connectivity index is 1.61. The minimum atomic E-state index is 0.623. The minimum Gasteiger partial charge on any atom is -0.399 e. The van der Waals surface area contributed by atoms with Crippen LogP contribution in [0.15, 0.2) is 108 Å². The molecule has 0 saturated carbocycles. The third kappa shape index (κ3) is 5.01. The van der Waals surface area contributed by atoms with Gasteiger partial charge < -0.3 is 11.1 Å². The van der Waals surface area contributed by atoms with Crippen molar-refractivity contribution < 1.29 is 0 Å². The van der Waals surface area contributed by atoms with Crippen LogP contribution in [0.5, 0.6) is 0 Å². The average molecular weight is 406 g/mol. The molecule has 0 radical (unpaired) electrons. The molecule has 154 valence electrons. The number of hydrogen-bond acceptors (Lipinski definition) is 3. The second kappa shape index (κ2) is 9.31. The topological polar surface area (TPSA) is 50.4 Å². The molecule has 0 aliphatic rings. The van der Waals surface area contributed by atoms with Crippen LogP contribution in [0.2, 0.25) is 0 Å². The van der Waals surface area contributed by atoms with Gasteiger partial charge in [0.05, 0.1) is 12.3 Å². The van der Waals surface area contributed by atoms with Crippen LogP contribution >= 0.6 is 0 Å². The van der Waals surface area contributed by atoms with Gasteiger partial charge >= 0.3 is 0 Å². The van der Waals surface area contributed by atoms with Crippen LogP contribution in [0.3, 0.4) is 0 Å². The van der Waals surface area contributed by atoms with Crippen LogP contribution in [0, 0.1) is 0 Å². The predicted octanol–water partition coefficient (Wildman–Crippen LogP) is 6.20. The lowest BCUT2D eigenvalue weighted by molar-refractivity contribution is 0.990. The summed E-state index contributed by atoms with van der Waals surface area (Å²) < 4.78 is 0. The van der Waals surface area contributed by atoms with Crippen molar-refractivity contribution in [2.75, 3.05) is 12.8 Å². The second-order valence-electron chi connectivity index (χ2n) is 7.66. The molecule has 3 heteroatoms. The van der Waals surface area contributed by atoms with Crippen LogP contribution < -0.4 is 11.1 Å². The molecule has 4 aromatic carbocycles. The van der Waals surface area contributed by atoms with Crippen LogP contribution in [-0.2, 0) is 6.54 Å². The summed E-state index contributed by atoms with van der Waals surface area (Å²) in [6.45, 7) is 2.68. The van der Waals surface area contributed by atoms with Crippen molar-refractivity contribution in [3.05, 3.63) is 114 Å². The van der Waals surface area contributed by atoms with Crippen LogP contribution in [0.1, 0.15) is 18.1 Å². The number of nitrogens with two attached hydrogens (primary N) is 1. The number of fused-ring (bicyclic) bond motifs is 1. The van der Waals surface area contributed by atoms with Gasteiger partial charge in [-0.05, 0) is 58.7 Å². The zero-order valence-corrected chi connectivity index (χ0v) is 18.0. The number of nitrogen functional groups attached to an aromatic ring is 1. The monoisotopic (exact) mass is 405 g/mol. The van der Waals surface area contributed by atoms with E-state index >= 15 is 0 Å². The van der Waals surface area contributed by atoms with E-state index in [0.717, 1.165) is 28.2 Å². The maximum Gasteiger partial charge on any atom is 0.0668 e. The molecular formula is C28H27N3. The van der Waals surface area contributed by atoms with E-state index in [1.807, 2.05) is 31.3 Å². The highest BCUT2D eigenvalue weighted by atomic mass is 14.8. The van der Waals surface area contributed by atoms with Crippen LogP contribution in [-0.4, -0.2) is 12.8 Å². The number of hydrogen-bond donors (Lipinski definition) is 2. The molecule has 4 rings (SSSR count). The van der Waals surface area contributed by atoms with E-state index < -0.39 is 0 Å². The van der Waals surface area contributed by atoms with Crippen LogP contribution in [0.25, 0.3) is 21.9 Å². The lowest BCUT2D eigenvalue weighted by Crippen LogP contribution is -2.07. The standard InChI is InChI=1S/C28H27N3/c1-20(30-2)17-28(26-12-11-22-5-3-4-6-25(22)18-26)31-19-21-7-9-23(10-8-21)24-13-15-27(29)16-14-24/h3-18,30H,19,29H2,1-2H3/b20-17-,31-28+. The van der Waals surface area contributed by atoms with Crippen molar-refractivity contribution in [1.82, 2.24) is 5.32 Å². The van der Waals surface area contributed by atoms with Crippen molar-refractivity contribution in [1.29, 1.82) is 0 Å². The first-order valence-electron chi connectivity index (χ1n) is 10.5. The molecule has 0 saturated heterocycles. The summed E-state index contributed by atoms with van der Waals surface area (Å²) in [4.78, 5) is 4.96. The first-order chi connectivity index (χ1) is 15.1. The molecule has 0 unspecified atom stereocenters. The lowest BCUT2D eigenvalue weighted by Gasteiger charge is -2.08. The Morgan fingerprint density at radius 2 is 1.48 bits per heavy atom. The molecule has 0 heterocycles. The van der Waals surface area contributed by atoms with Crippen LogP contribution in [0.4, 0.5) is 5.69 Å². The fourth-order valence-electron chi connectivity index (χ4n) is 3.50. The molecule has 0 amide bonds. The lowest BCUT2D eigenvalue weighted by atomic mass is 10.0. The van der Waals surface area contributed by atoms with Gasteiger partial charge in [-0.25, -0.2) is 0 Å². The maximum atomic E-state index is 5.80. The summed E-state index contributed by atoms with van der Waals surface area (Å²) in [7, 11) is 1.93. The second-order valence-corrected chi connectivity index (χ2v) is 7.66. The SMILES string of the molecule is CN/C(C)=C\C(=N/Cc1ccc(-c2ccc(N)cc2)cc1)c1ccc2ccccc2c1. The maximum absolute atomic E-state index is 5.80. The van der Waals surface area contributed by atoms with Crippen molar-refractivity contribution in [3.63, 3.8) is 0 Å². The van der Waals surface area contributed by atoms with Gasteiger partial charge in [0.15, 0.2) is 0 Å². The third-order valence-corrected chi connectivity index (χ3v) is 5.42. The zero-order chi connectivity index (χ0) is 21.6. The van der Waals surface area contributed by atoms with Gasteiger partial charge in [-0.15, -0.1) is 0 Å². The number of allylic oxidation sites excluding steroid dienone is 2. The number of anilines is 1. The van der Waals surface area contributed by atoms with Gasteiger partial charge in [0.25, 0.3) is 0 Å². The number of rotatable bonds is 6. The summed E-state index contributed by atoms with van der Waals surface area (Å²) >= 11 is 0. The Morgan fingerprint density at radius 3 is 2.16 bits per heavy atom. The fraction of sp³-hybridized carbons (Fsp3) is 0.107. The van der Waals surface area contributed by atoms with E-state index in [1.165, 1.54) is 21.9 Å². The molecule has 0 aliphatic carbocycles. The highest BCUT2D eigenvalue weighted by Crippen LogP contribution is 2.22. The molecular weight excluding hydrogens is 378 g/mol. The molecule has 4 aromatic rings. The van der Waals surface area contributed by atoms with Gasteiger partial charge in [0.1, 0.15) is 0 Å². The molecule has 0 atom stereocenters. The number of nitrogens with zero attached hydrogens (tertiary/aromatic N) is 1. The van der Waals surface area contributed by atoms with Gasteiger partial charge in [0, 0.05) is 24.0 Å². The van der Waals surface area contributed by atoms with Crippen molar-refractivity contribution in [3.8, 4) is 11.1 Å². The minimum absolute atomic E-state index is 0.623. The van der Waals surface area contributed by atoms with Crippen molar-refractivity contribution >= 4 is 22.2 Å². The van der Waals surface area contributed by atoms with Crippen molar-refractivity contribution in [2.24, 2.45) is 4.99 Å². The molecule has 31 heavy (non-hydrogen) atoms. The largest absolute Gasteiger partial charge is 0.399 e. The summed E-state index contributed by atoms with van der Waals surface area (Å²) in [6, 6.07) is 31.4. The Bertz CT molecular complexity index is 1230. The van der Waals surface area contributed by atoms with Crippen molar-refractivity contribution in [2.45, 2.75) is 13.5 Å². The van der Waals surface area contributed by atoms with E-state index in [-0.39, 0.29) is 0 Å². The summed E-state index contributed by atoms with van der Waals surface area (Å²) in [5, 5.41) is 5.65. The van der Waals surface area contributed by atoms with E-state index in [1.54, 1.807) is 0 Å². The number of nitrogens with one attached hydrogen (secondary N) is 1. The Labute approximate surface area is 184 Å². The average Bonchev–Trinajstić information content (AvgIpc) is 2.82. The Morgan fingerprint density at radius 1 is 0.839 bits per heavy atom. The molecule has 3 nitrogen and oxygen atoms in total. The Kier molecular flexibility index (Phi) is 6.13. The fourth-order valence-corrected chi connectivity index (χ4v) is 3.50. The van der Waals surface area contributed by atoms with E-state index in [9.17, 15) is 0 Å². The summed E-state index contributed by atoms with van der Waals surface area (Å²) in [5.74, 6) is 0. The molecule has 0 aliphatic heterocycles. The van der Waals surface area contributed by atoms with E-state index in [0.29, 0.717) is 6.54 Å². The van der Waals surface area contributed by atoms with Gasteiger partial charge in [0.2, 0.25) is 0 Å². The first kappa shape index (κ1) is 20.4. The molecule has 0 aromatic heterocycles. The Hall–Kier alpha value is -3.85. The summed E-state index contributed by atoms with van der Waals surface area (Å²) in [5.41, 5.74) is 13.2. The number of benzene rings is 4. The zero-order valence-electron chi connectivity index (χ0n) is 18.0.